The first kappa shape index (κ1) is 35.3. The van der Waals surface area contributed by atoms with E-state index in [-0.39, 0.29) is 50.1 Å². The Balaban J connectivity index is 2.33. The molecule has 5 unspecified atom stereocenters. The van der Waals surface area contributed by atoms with Crippen molar-refractivity contribution in [1.82, 2.24) is 10.6 Å². The number of carbonyl (C=O) groups excluding carboxylic acids is 1. The van der Waals surface area contributed by atoms with Crippen molar-refractivity contribution in [2.75, 3.05) is 13.1 Å². The average molecular weight is 590 g/mol. The van der Waals surface area contributed by atoms with Crippen LogP contribution in [-0.4, -0.2) is 111 Å². The molecule has 0 aliphatic carbocycles. The van der Waals surface area contributed by atoms with Crippen molar-refractivity contribution in [3.8, 4) is 0 Å². The van der Waals surface area contributed by atoms with Gasteiger partial charge < -0.3 is 61.8 Å². The van der Waals surface area contributed by atoms with Crippen molar-refractivity contribution in [3.05, 3.63) is 12.2 Å². The number of aliphatic hydroxyl groups is 5. The third kappa shape index (κ3) is 10.4. The van der Waals surface area contributed by atoms with Crippen LogP contribution in [0.5, 0.6) is 0 Å². The Bertz CT molecular complexity index is 878. The summed E-state index contributed by atoms with van der Waals surface area (Å²) in [6.07, 6.45) is -5.47. The molecule has 0 saturated carbocycles. The van der Waals surface area contributed by atoms with Crippen LogP contribution in [0.2, 0.25) is 0 Å². The SMILES string of the molecule is CC(C)/C=C/[C@@H](C[C@@H]1O[C@](O)(C[C@@H](O)C(C)C)C[C@H](O)[C@H]1C(=O)NCCNC(=N)N)OC1OC(C)C(O)C(N)C1O. The van der Waals surface area contributed by atoms with Crippen LogP contribution in [0.4, 0.5) is 0 Å². The Morgan fingerprint density at radius 3 is 2.37 bits per heavy atom. The fraction of sp³-hybridized carbons (Fsp3) is 0.852. The lowest BCUT2D eigenvalue weighted by atomic mass is 9.81. The predicted molar refractivity (Wildman–Crippen MR) is 150 cm³/mol. The zero-order chi connectivity index (χ0) is 31.1. The monoisotopic (exact) mass is 589 g/mol. The molecule has 0 aromatic heterocycles. The van der Waals surface area contributed by atoms with E-state index in [0.29, 0.717) is 0 Å². The summed E-state index contributed by atoms with van der Waals surface area (Å²) in [6.45, 7) is 9.37. The number of guanidine groups is 1. The van der Waals surface area contributed by atoms with Gasteiger partial charge in [0.05, 0.1) is 48.6 Å². The van der Waals surface area contributed by atoms with Gasteiger partial charge in [-0.05, 0) is 18.8 Å². The van der Waals surface area contributed by atoms with Gasteiger partial charge in [0.25, 0.3) is 0 Å². The normalized spacial score (nSPS) is 35.9. The second kappa shape index (κ2) is 15.5. The van der Waals surface area contributed by atoms with Crippen LogP contribution in [0, 0.1) is 23.2 Å². The van der Waals surface area contributed by atoms with Crippen molar-refractivity contribution in [3.63, 3.8) is 0 Å². The van der Waals surface area contributed by atoms with Crippen LogP contribution < -0.4 is 22.1 Å². The number of hydrogen-bond acceptors (Lipinski definition) is 11. The van der Waals surface area contributed by atoms with Gasteiger partial charge in [-0.2, -0.15) is 0 Å². The Kier molecular flexibility index (Phi) is 13.4. The molecule has 2 fully saturated rings. The van der Waals surface area contributed by atoms with Gasteiger partial charge in [-0.25, -0.2) is 0 Å². The minimum absolute atomic E-state index is 0.0388. The van der Waals surface area contributed by atoms with E-state index in [1.54, 1.807) is 26.8 Å². The predicted octanol–water partition coefficient (Wildman–Crippen LogP) is -1.77. The first-order chi connectivity index (χ1) is 19.0. The third-order valence-corrected chi connectivity index (χ3v) is 7.44. The molecule has 0 spiro atoms. The fourth-order valence-electron chi connectivity index (χ4n) is 4.95. The second-order valence-corrected chi connectivity index (χ2v) is 11.9. The third-order valence-electron chi connectivity index (χ3n) is 7.44. The molecule has 0 bridgehead atoms. The summed E-state index contributed by atoms with van der Waals surface area (Å²) in [4.78, 5) is 13.3. The van der Waals surface area contributed by atoms with Crippen molar-refractivity contribution >= 4 is 11.9 Å². The van der Waals surface area contributed by atoms with Gasteiger partial charge in [-0.3, -0.25) is 10.2 Å². The number of amides is 1. The van der Waals surface area contributed by atoms with Crippen molar-refractivity contribution in [2.24, 2.45) is 29.2 Å². The number of ether oxygens (including phenoxy) is 3. The van der Waals surface area contributed by atoms with Crippen LogP contribution in [0.3, 0.4) is 0 Å². The van der Waals surface area contributed by atoms with Crippen LogP contribution in [0.15, 0.2) is 12.2 Å². The van der Waals surface area contributed by atoms with Crippen molar-refractivity contribution < 1.29 is 44.5 Å². The van der Waals surface area contributed by atoms with Crippen molar-refractivity contribution in [2.45, 2.75) is 115 Å². The van der Waals surface area contributed by atoms with E-state index in [4.69, 9.17) is 31.1 Å². The fourth-order valence-corrected chi connectivity index (χ4v) is 4.95. The number of aliphatic hydroxyl groups excluding tert-OH is 4. The highest BCUT2D eigenvalue weighted by Crippen LogP contribution is 2.38. The maximum absolute atomic E-state index is 13.3. The number of carbonyl (C=O) groups is 1. The van der Waals surface area contributed by atoms with E-state index < -0.39 is 72.7 Å². The summed E-state index contributed by atoms with van der Waals surface area (Å²) < 4.78 is 17.9. The zero-order valence-electron chi connectivity index (χ0n) is 24.6. The van der Waals surface area contributed by atoms with Gasteiger partial charge in [0.15, 0.2) is 18.0 Å². The summed E-state index contributed by atoms with van der Waals surface area (Å²) in [5.41, 5.74) is 11.3. The first-order valence-corrected chi connectivity index (χ1v) is 14.3. The quantitative estimate of drug-likeness (QED) is 0.0496. The largest absolute Gasteiger partial charge is 0.393 e. The molecule has 14 heteroatoms. The lowest BCUT2D eigenvalue weighted by molar-refractivity contribution is -0.307. The van der Waals surface area contributed by atoms with Crippen LogP contribution in [-0.2, 0) is 19.0 Å². The lowest BCUT2D eigenvalue weighted by Crippen LogP contribution is -2.62. The molecule has 2 heterocycles. The van der Waals surface area contributed by atoms with Gasteiger partial charge in [0.1, 0.15) is 6.10 Å². The zero-order valence-corrected chi connectivity index (χ0v) is 24.6. The van der Waals surface area contributed by atoms with Crippen LogP contribution in [0.1, 0.15) is 53.9 Å². The first-order valence-electron chi connectivity index (χ1n) is 14.3. The lowest BCUT2D eigenvalue weighted by Gasteiger charge is -2.46. The van der Waals surface area contributed by atoms with E-state index in [1.165, 1.54) is 0 Å². The molecule has 0 aromatic carbocycles. The molecule has 238 valence electrons. The summed E-state index contributed by atoms with van der Waals surface area (Å²) in [6, 6.07) is -1.02. The molecule has 12 N–H and O–H groups in total. The maximum Gasteiger partial charge on any atom is 0.228 e. The molecular formula is C27H51N5O9. The van der Waals surface area contributed by atoms with Crippen LogP contribution in [0.25, 0.3) is 0 Å². The molecule has 11 atom stereocenters. The summed E-state index contributed by atoms with van der Waals surface area (Å²) >= 11 is 0. The van der Waals surface area contributed by atoms with Crippen LogP contribution >= 0.6 is 0 Å². The minimum Gasteiger partial charge on any atom is -0.393 e. The highest BCUT2D eigenvalue weighted by molar-refractivity contribution is 5.80. The molecule has 2 rings (SSSR count). The summed E-state index contributed by atoms with van der Waals surface area (Å²) in [5.74, 6) is -3.91. The molecule has 14 nitrogen and oxygen atoms in total. The Labute approximate surface area is 241 Å². The smallest absolute Gasteiger partial charge is 0.228 e. The molecule has 0 aromatic rings. The molecular weight excluding hydrogens is 538 g/mol. The topological polar surface area (TPSA) is 246 Å². The number of rotatable bonds is 13. The molecule has 0 radical (unpaired) electrons. The highest BCUT2D eigenvalue weighted by atomic mass is 16.7. The van der Waals surface area contributed by atoms with Gasteiger partial charge in [0, 0.05) is 32.4 Å². The van der Waals surface area contributed by atoms with Crippen molar-refractivity contribution in [1.29, 1.82) is 5.41 Å². The Hall–Kier alpha value is -1.88. The standard InChI is InChI=1S/C27H51N5O9/c1-13(2)6-7-16(40-25-23(36)21(28)22(35)15(5)39-25)10-19-20(24(37)31-8-9-32-26(29)30)18(34)12-27(38,41-19)11-17(33)14(3)4/h6-7,13-23,25,33-36,38H,8-12,28H2,1-5H3,(H,31,37)(H4,29,30,32)/b7-6+/t15?,16-,17+,18-,19-,20+,21?,22?,23?,25?,27+/m0/s1. The van der Waals surface area contributed by atoms with Gasteiger partial charge >= 0.3 is 0 Å². The number of allylic oxidation sites excluding steroid dienone is 1. The molecule has 41 heavy (non-hydrogen) atoms. The molecule has 2 aliphatic heterocycles. The molecule has 2 saturated heterocycles. The minimum atomic E-state index is -1.92. The van der Waals surface area contributed by atoms with Gasteiger partial charge in [-0.15, -0.1) is 0 Å². The maximum atomic E-state index is 13.3. The molecule has 2 aliphatic rings. The summed E-state index contributed by atoms with van der Waals surface area (Å²) in [5, 5.41) is 66.2. The Morgan fingerprint density at radius 2 is 1.78 bits per heavy atom. The number of nitrogens with two attached hydrogens (primary N) is 2. The number of nitrogens with one attached hydrogen (secondary N) is 3. The van der Waals surface area contributed by atoms with E-state index in [1.807, 2.05) is 19.9 Å². The Morgan fingerprint density at radius 1 is 1.15 bits per heavy atom. The van der Waals surface area contributed by atoms with E-state index in [9.17, 15) is 30.3 Å². The van der Waals surface area contributed by atoms with Gasteiger partial charge in [0.2, 0.25) is 5.91 Å². The molecule has 1 amide bonds. The van der Waals surface area contributed by atoms with E-state index in [2.05, 4.69) is 10.6 Å². The summed E-state index contributed by atoms with van der Waals surface area (Å²) in [7, 11) is 0. The van der Waals surface area contributed by atoms with E-state index >= 15 is 0 Å². The number of hydrogen-bond donors (Lipinski definition) is 10. The van der Waals surface area contributed by atoms with Gasteiger partial charge in [-0.1, -0.05) is 39.8 Å². The second-order valence-electron chi connectivity index (χ2n) is 11.9. The average Bonchev–Trinajstić information content (AvgIpc) is 2.86. The van der Waals surface area contributed by atoms with E-state index in [0.717, 1.165) is 0 Å². The highest BCUT2D eigenvalue weighted by Gasteiger charge is 2.50.